The number of rotatable bonds is 7. The fourth-order valence-corrected chi connectivity index (χ4v) is 1.73. The molecule has 1 rings (SSSR count). The summed E-state index contributed by atoms with van der Waals surface area (Å²) < 4.78 is 5.31. The smallest absolute Gasteiger partial charge is 0.224 e. The summed E-state index contributed by atoms with van der Waals surface area (Å²) in [5, 5.41) is 6.30. The minimum absolute atomic E-state index is 0.347. The van der Waals surface area contributed by atoms with Crippen LogP contribution in [-0.2, 0) is 11.3 Å². The van der Waals surface area contributed by atoms with E-state index in [2.05, 4.69) is 15.6 Å². The van der Waals surface area contributed by atoms with Crippen molar-refractivity contribution in [2.45, 2.75) is 27.3 Å². The maximum Gasteiger partial charge on any atom is 0.224 e. The van der Waals surface area contributed by atoms with Gasteiger partial charge in [-0.15, -0.1) is 0 Å². The van der Waals surface area contributed by atoms with Crippen molar-refractivity contribution in [1.29, 1.82) is 0 Å². The molecule has 1 amide bonds. The van der Waals surface area contributed by atoms with E-state index in [1.165, 1.54) is 0 Å². The van der Waals surface area contributed by atoms with Gasteiger partial charge in [-0.25, -0.2) is 4.99 Å². The van der Waals surface area contributed by atoms with Gasteiger partial charge in [0.2, 0.25) is 5.91 Å². The lowest BCUT2D eigenvalue weighted by Crippen LogP contribution is -2.46. The summed E-state index contributed by atoms with van der Waals surface area (Å²) in [5.74, 6) is 1.10. The largest absolute Gasteiger partial charge is 0.496 e. The Labute approximate surface area is 132 Å². The first-order valence-corrected chi connectivity index (χ1v) is 7.34. The maximum absolute atomic E-state index is 11.4. The number of guanidine groups is 1. The molecule has 0 spiro atoms. The van der Waals surface area contributed by atoms with Crippen molar-refractivity contribution in [3.8, 4) is 5.75 Å². The number of nitrogens with two attached hydrogens (primary N) is 1. The average molecular weight is 306 g/mol. The standard InChI is InChI=1S/C16H26N4O2/c1-5-18-15(20-11-16(2,3)14(17)21)19-10-12-8-6-7-9-13(12)22-4/h6-9H,5,10-11H2,1-4H3,(H2,17,21)(H2,18,19,20). The molecule has 1 aromatic carbocycles. The minimum atomic E-state index is -0.638. The Morgan fingerprint density at radius 3 is 2.59 bits per heavy atom. The third-order valence-corrected chi connectivity index (χ3v) is 3.31. The fraction of sp³-hybridized carbons (Fsp3) is 0.500. The van der Waals surface area contributed by atoms with Crippen LogP contribution >= 0.6 is 0 Å². The van der Waals surface area contributed by atoms with Crippen LogP contribution in [0.15, 0.2) is 29.3 Å². The van der Waals surface area contributed by atoms with Crippen LogP contribution in [0.1, 0.15) is 26.3 Å². The molecular formula is C16H26N4O2. The zero-order valence-corrected chi connectivity index (χ0v) is 13.8. The van der Waals surface area contributed by atoms with Crippen molar-refractivity contribution in [3.63, 3.8) is 0 Å². The number of ether oxygens (including phenoxy) is 1. The van der Waals surface area contributed by atoms with Gasteiger partial charge in [0, 0.05) is 18.7 Å². The first-order valence-electron chi connectivity index (χ1n) is 7.34. The highest BCUT2D eigenvalue weighted by Gasteiger charge is 2.24. The lowest BCUT2D eigenvalue weighted by molar-refractivity contribution is -0.125. The Morgan fingerprint density at radius 1 is 1.32 bits per heavy atom. The number of para-hydroxylation sites is 1. The van der Waals surface area contributed by atoms with Crippen molar-refractivity contribution in [2.24, 2.45) is 16.1 Å². The van der Waals surface area contributed by atoms with Gasteiger partial charge in [0.25, 0.3) is 0 Å². The van der Waals surface area contributed by atoms with E-state index in [1.54, 1.807) is 21.0 Å². The van der Waals surface area contributed by atoms with Gasteiger partial charge in [0.1, 0.15) is 5.75 Å². The van der Waals surface area contributed by atoms with Crippen molar-refractivity contribution in [1.82, 2.24) is 10.6 Å². The van der Waals surface area contributed by atoms with Gasteiger partial charge in [-0.3, -0.25) is 4.79 Å². The molecule has 1 aromatic rings. The van der Waals surface area contributed by atoms with E-state index in [0.29, 0.717) is 19.0 Å². The highest BCUT2D eigenvalue weighted by Crippen LogP contribution is 2.18. The van der Waals surface area contributed by atoms with Crippen LogP contribution in [-0.4, -0.2) is 32.1 Å². The maximum atomic E-state index is 11.4. The molecule has 0 atom stereocenters. The van der Waals surface area contributed by atoms with Crippen LogP contribution in [0.5, 0.6) is 5.75 Å². The van der Waals surface area contributed by atoms with Crippen LogP contribution in [0.25, 0.3) is 0 Å². The molecule has 0 aliphatic heterocycles. The van der Waals surface area contributed by atoms with Gasteiger partial charge in [-0.1, -0.05) is 18.2 Å². The predicted octanol–water partition coefficient (Wildman–Crippen LogP) is 1.26. The first-order chi connectivity index (χ1) is 10.4. The quantitative estimate of drug-likeness (QED) is 0.523. The van der Waals surface area contributed by atoms with E-state index >= 15 is 0 Å². The highest BCUT2D eigenvalue weighted by atomic mass is 16.5. The van der Waals surface area contributed by atoms with Gasteiger partial charge in [0.15, 0.2) is 5.96 Å². The first kappa shape index (κ1) is 17.8. The summed E-state index contributed by atoms with van der Waals surface area (Å²) in [6.45, 7) is 7.21. The molecule has 0 bridgehead atoms. The number of carbonyl (C=O) groups excluding carboxylic acids is 1. The zero-order valence-electron chi connectivity index (χ0n) is 13.8. The van der Waals surface area contributed by atoms with Gasteiger partial charge < -0.3 is 21.1 Å². The third kappa shape index (κ3) is 5.27. The number of carbonyl (C=O) groups is 1. The Morgan fingerprint density at radius 2 is 2.00 bits per heavy atom. The minimum Gasteiger partial charge on any atom is -0.496 e. The second-order valence-corrected chi connectivity index (χ2v) is 5.61. The normalized spacial score (nSPS) is 11.9. The number of nitrogens with one attached hydrogen (secondary N) is 2. The Hall–Kier alpha value is -2.24. The van der Waals surface area contributed by atoms with E-state index in [-0.39, 0.29) is 5.91 Å². The highest BCUT2D eigenvalue weighted by molar-refractivity contribution is 5.83. The van der Waals surface area contributed by atoms with Crippen molar-refractivity contribution < 1.29 is 9.53 Å². The molecular weight excluding hydrogens is 280 g/mol. The van der Waals surface area contributed by atoms with Crippen LogP contribution < -0.4 is 21.1 Å². The Balaban J connectivity index is 2.75. The van der Waals surface area contributed by atoms with Crippen molar-refractivity contribution in [2.75, 3.05) is 20.2 Å². The Bertz CT molecular complexity index is 527. The van der Waals surface area contributed by atoms with Crippen LogP contribution in [0.3, 0.4) is 0 Å². The number of nitrogens with zero attached hydrogens (tertiary/aromatic N) is 1. The number of amides is 1. The second kappa shape index (κ2) is 8.26. The molecule has 0 saturated carbocycles. The summed E-state index contributed by atoms with van der Waals surface area (Å²) in [7, 11) is 1.64. The molecule has 0 aromatic heterocycles. The van der Waals surface area contributed by atoms with Crippen LogP contribution in [0.2, 0.25) is 0 Å². The van der Waals surface area contributed by atoms with E-state index < -0.39 is 5.41 Å². The summed E-state index contributed by atoms with van der Waals surface area (Å²) in [4.78, 5) is 15.9. The zero-order chi connectivity index (χ0) is 16.6. The van der Waals surface area contributed by atoms with Gasteiger partial charge >= 0.3 is 0 Å². The topological polar surface area (TPSA) is 88.7 Å². The molecule has 122 valence electrons. The lowest BCUT2D eigenvalue weighted by atomic mass is 9.93. The monoisotopic (exact) mass is 306 g/mol. The van der Waals surface area contributed by atoms with E-state index in [4.69, 9.17) is 10.5 Å². The molecule has 0 unspecified atom stereocenters. The van der Waals surface area contributed by atoms with Gasteiger partial charge in [-0.2, -0.15) is 0 Å². The predicted molar refractivity (Wildman–Crippen MR) is 88.8 cm³/mol. The molecule has 4 N–H and O–H groups in total. The van der Waals surface area contributed by atoms with Crippen LogP contribution in [0.4, 0.5) is 0 Å². The number of methoxy groups -OCH3 is 1. The molecule has 0 aliphatic carbocycles. The van der Waals surface area contributed by atoms with Gasteiger partial charge in [-0.05, 0) is 26.8 Å². The van der Waals surface area contributed by atoms with E-state index in [0.717, 1.165) is 17.9 Å². The SMILES string of the molecule is CCNC(=NCc1ccccc1OC)NCC(C)(C)C(N)=O. The molecule has 0 aliphatic rings. The number of aliphatic imine (C=N–C) groups is 1. The third-order valence-electron chi connectivity index (χ3n) is 3.31. The Kier molecular flexibility index (Phi) is 6.69. The van der Waals surface area contributed by atoms with E-state index in [9.17, 15) is 4.79 Å². The summed E-state index contributed by atoms with van der Waals surface area (Å²) in [6, 6.07) is 7.75. The van der Waals surface area contributed by atoms with E-state index in [1.807, 2.05) is 31.2 Å². The lowest BCUT2D eigenvalue weighted by Gasteiger charge is -2.22. The molecule has 0 fully saturated rings. The summed E-state index contributed by atoms with van der Waals surface area (Å²) >= 11 is 0. The molecule has 0 radical (unpaired) electrons. The number of primary amides is 1. The summed E-state index contributed by atoms with van der Waals surface area (Å²) in [5.41, 5.74) is 5.74. The number of hydrogen-bond acceptors (Lipinski definition) is 3. The second-order valence-electron chi connectivity index (χ2n) is 5.61. The number of benzene rings is 1. The molecule has 0 saturated heterocycles. The molecule has 6 nitrogen and oxygen atoms in total. The van der Waals surface area contributed by atoms with Crippen molar-refractivity contribution in [3.05, 3.63) is 29.8 Å². The number of hydrogen-bond donors (Lipinski definition) is 3. The van der Waals surface area contributed by atoms with Gasteiger partial charge in [0.05, 0.1) is 19.1 Å². The molecule has 0 heterocycles. The molecule has 22 heavy (non-hydrogen) atoms. The van der Waals surface area contributed by atoms with Crippen molar-refractivity contribution >= 4 is 11.9 Å². The average Bonchev–Trinajstić information content (AvgIpc) is 2.50. The molecule has 6 heteroatoms. The summed E-state index contributed by atoms with van der Waals surface area (Å²) in [6.07, 6.45) is 0. The fourth-order valence-electron chi connectivity index (χ4n) is 1.73. The van der Waals surface area contributed by atoms with Crippen LogP contribution in [0, 0.1) is 5.41 Å².